The van der Waals surface area contributed by atoms with Crippen molar-refractivity contribution in [3.05, 3.63) is 46.2 Å². The third-order valence-electron chi connectivity index (χ3n) is 8.97. The number of aliphatic hydroxyl groups is 3. The zero-order valence-electron chi connectivity index (χ0n) is 24.4. The molecule has 11 nitrogen and oxygen atoms in total. The van der Waals surface area contributed by atoms with Gasteiger partial charge in [-0.15, -0.1) is 0 Å². The molecule has 42 heavy (non-hydrogen) atoms. The molecular weight excluding hydrogens is 544 g/mol. The number of carbonyl (C=O) groups is 4. The number of rotatable bonds is 10. The summed E-state index contributed by atoms with van der Waals surface area (Å²) in [7, 11) is 2.98. The molecule has 0 bridgehead atoms. The summed E-state index contributed by atoms with van der Waals surface area (Å²) >= 11 is 0. The van der Waals surface area contributed by atoms with Crippen LogP contribution in [0.3, 0.4) is 0 Å². The van der Waals surface area contributed by atoms with E-state index in [2.05, 4.69) is 6.92 Å². The van der Waals surface area contributed by atoms with Gasteiger partial charge in [-0.2, -0.15) is 0 Å². The van der Waals surface area contributed by atoms with E-state index in [9.17, 15) is 39.6 Å². The maximum Gasteiger partial charge on any atom is 0.306 e. The Morgan fingerprint density at radius 2 is 1.69 bits per heavy atom. The minimum atomic E-state index is -2.94. The second kappa shape index (κ2) is 11.9. The largest absolute Gasteiger partial charge is 0.508 e. The average molecular weight is 585 g/mol. The minimum absolute atomic E-state index is 0.0292. The molecule has 0 radical (unpaired) electrons. The summed E-state index contributed by atoms with van der Waals surface area (Å²) in [6, 6.07) is 3.16. The number of carbonyl (C=O) groups excluding carboxylic acids is 4. The fraction of sp³-hybridized carbons (Fsp3) is 0.548. The number of nitrogens with zero attached hydrogens (tertiary/aromatic N) is 1. The van der Waals surface area contributed by atoms with Crippen LogP contribution in [0.1, 0.15) is 75.8 Å². The Kier molecular flexibility index (Phi) is 8.84. The van der Waals surface area contributed by atoms with Crippen LogP contribution in [0.15, 0.2) is 35.1 Å². The molecule has 1 amide bonds. The number of phenolic OH excluding ortho intramolecular Hbond substituents is 1. The van der Waals surface area contributed by atoms with Crippen LogP contribution >= 0.6 is 0 Å². The number of hydrogen-bond donors (Lipinski definition) is 5. The highest BCUT2D eigenvalue weighted by molar-refractivity contribution is 6.24. The smallest absolute Gasteiger partial charge is 0.306 e. The number of nitrogens with two attached hydrogens (primary N) is 1. The van der Waals surface area contributed by atoms with Gasteiger partial charge in [0.15, 0.2) is 11.4 Å². The molecule has 3 aliphatic carbocycles. The molecule has 228 valence electrons. The van der Waals surface area contributed by atoms with Gasteiger partial charge in [0.05, 0.1) is 17.5 Å². The minimum Gasteiger partial charge on any atom is -0.508 e. The lowest BCUT2D eigenvalue weighted by atomic mass is 9.54. The Bertz CT molecular complexity index is 1360. The number of esters is 1. The first kappa shape index (κ1) is 31.2. The molecule has 4 rings (SSSR count). The molecule has 1 fully saturated rings. The number of ether oxygens (including phenoxy) is 1. The summed E-state index contributed by atoms with van der Waals surface area (Å²) in [6.07, 6.45) is 4.17. The number of primary amides is 1. The van der Waals surface area contributed by atoms with Crippen LogP contribution in [0.5, 0.6) is 5.75 Å². The molecule has 0 aromatic heterocycles. The Balaban J connectivity index is 1.89. The lowest BCUT2D eigenvalue weighted by Gasteiger charge is -2.54. The van der Waals surface area contributed by atoms with Crippen molar-refractivity contribution in [2.24, 2.45) is 17.6 Å². The molecule has 1 saturated carbocycles. The predicted molar refractivity (Wildman–Crippen MR) is 152 cm³/mol. The van der Waals surface area contributed by atoms with Crippen LogP contribution in [-0.4, -0.2) is 80.6 Å². The number of benzene rings is 1. The van der Waals surface area contributed by atoms with E-state index in [4.69, 9.17) is 10.5 Å². The van der Waals surface area contributed by atoms with E-state index >= 15 is 0 Å². The molecule has 1 aromatic carbocycles. The van der Waals surface area contributed by atoms with Gasteiger partial charge in [0.25, 0.3) is 5.91 Å². The highest BCUT2D eigenvalue weighted by atomic mass is 16.5. The number of amides is 1. The number of phenols is 1. The van der Waals surface area contributed by atoms with Crippen molar-refractivity contribution in [1.82, 2.24) is 4.90 Å². The third kappa shape index (κ3) is 4.88. The van der Waals surface area contributed by atoms with E-state index in [1.54, 1.807) is 19.1 Å². The van der Waals surface area contributed by atoms with Crippen LogP contribution < -0.4 is 5.73 Å². The summed E-state index contributed by atoms with van der Waals surface area (Å²) in [4.78, 5) is 54.8. The van der Waals surface area contributed by atoms with Crippen molar-refractivity contribution < 1.29 is 44.3 Å². The van der Waals surface area contributed by atoms with Gasteiger partial charge in [0.1, 0.15) is 28.9 Å². The van der Waals surface area contributed by atoms with Crippen molar-refractivity contribution in [3.63, 3.8) is 0 Å². The predicted octanol–water partition coefficient (Wildman–Crippen LogP) is 2.80. The molecule has 0 unspecified atom stereocenters. The van der Waals surface area contributed by atoms with E-state index in [0.29, 0.717) is 12.0 Å². The van der Waals surface area contributed by atoms with E-state index in [1.165, 1.54) is 25.1 Å². The van der Waals surface area contributed by atoms with Gasteiger partial charge in [-0.3, -0.25) is 24.1 Å². The molecule has 6 N–H and O–H groups in total. The fourth-order valence-electron chi connectivity index (χ4n) is 6.95. The van der Waals surface area contributed by atoms with Gasteiger partial charge in [-0.1, -0.05) is 58.1 Å². The van der Waals surface area contributed by atoms with Gasteiger partial charge in [-0.05, 0) is 38.1 Å². The average Bonchev–Trinajstić information content (AvgIpc) is 2.92. The summed E-state index contributed by atoms with van der Waals surface area (Å²) in [5, 5.41) is 45.3. The number of ketones is 2. The summed E-state index contributed by atoms with van der Waals surface area (Å²) in [5.41, 5.74) is 1.59. The zero-order valence-corrected chi connectivity index (χ0v) is 24.4. The van der Waals surface area contributed by atoms with E-state index in [1.807, 2.05) is 0 Å². The number of Topliss-reactive ketones (excluding diaryl/α,β-unsaturated/α-hetero) is 2. The topological polar surface area (TPSA) is 188 Å². The quantitative estimate of drug-likeness (QED) is 0.155. The van der Waals surface area contributed by atoms with Crippen molar-refractivity contribution in [2.75, 3.05) is 14.1 Å². The van der Waals surface area contributed by atoms with E-state index in [0.717, 1.165) is 32.1 Å². The summed E-state index contributed by atoms with van der Waals surface area (Å²) in [6.45, 7) is 3.83. The van der Waals surface area contributed by atoms with E-state index in [-0.39, 0.29) is 23.3 Å². The van der Waals surface area contributed by atoms with Gasteiger partial charge < -0.3 is 30.9 Å². The van der Waals surface area contributed by atoms with Crippen LogP contribution in [0, 0.1) is 11.8 Å². The van der Waals surface area contributed by atoms with E-state index < -0.39 is 76.0 Å². The van der Waals surface area contributed by atoms with Gasteiger partial charge in [0.2, 0.25) is 5.78 Å². The van der Waals surface area contributed by atoms with Crippen LogP contribution in [-0.2, 0) is 23.9 Å². The first-order valence-electron chi connectivity index (χ1n) is 14.5. The first-order valence-corrected chi connectivity index (χ1v) is 14.5. The van der Waals surface area contributed by atoms with Gasteiger partial charge in [0, 0.05) is 17.9 Å². The number of aliphatic hydroxyl groups excluding tert-OH is 2. The summed E-state index contributed by atoms with van der Waals surface area (Å²) in [5.74, 6) is -9.53. The van der Waals surface area contributed by atoms with Crippen LogP contribution in [0.25, 0.3) is 5.76 Å². The van der Waals surface area contributed by atoms with Crippen molar-refractivity contribution in [3.8, 4) is 5.75 Å². The number of fused-ring (bicyclic) bond motifs is 3. The lowest BCUT2D eigenvalue weighted by Crippen LogP contribution is -2.71. The molecule has 0 saturated heterocycles. The summed E-state index contributed by atoms with van der Waals surface area (Å²) < 4.78 is 6.02. The molecule has 0 spiro atoms. The third-order valence-corrected chi connectivity index (χ3v) is 8.97. The first-order chi connectivity index (χ1) is 19.8. The molecular formula is C31H40N2O9. The van der Waals surface area contributed by atoms with Crippen molar-refractivity contribution >= 4 is 29.2 Å². The molecule has 1 aromatic rings. The maximum atomic E-state index is 14.2. The standard InChI is InChI=1S/C31H40N2O9/c1-5-6-7-8-9-10-14-18(35)42-27-19-15(2)16-12-11-13-17(34)20(16)25(36)21(19)28(38)31(41)23(27)24(33(3)4)26(37)22(29(31)39)30(32)40/h11-13,15,19,23-24,27,34,36,39,41H,5-10,14H2,1-4H3,(H2,32,40)/t15-,19+,23+,24-,27-,31-/m0/s1. The number of aromatic hydroxyl groups is 1. The van der Waals surface area contributed by atoms with Crippen LogP contribution in [0.4, 0.5) is 0 Å². The molecule has 3 aliphatic rings. The van der Waals surface area contributed by atoms with Crippen molar-refractivity contribution in [2.45, 2.75) is 82.5 Å². The fourth-order valence-corrected chi connectivity index (χ4v) is 6.95. The molecule has 6 atom stereocenters. The van der Waals surface area contributed by atoms with Gasteiger partial charge in [-0.25, -0.2) is 0 Å². The Morgan fingerprint density at radius 3 is 2.31 bits per heavy atom. The number of unbranched alkanes of at least 4 members (excludes halogenated alkanes) is 5. The zero-order chi connectivity index (χ0) is 31.1. The number of hydrogen-bond acceptors (Lipinski definition) is 10. The lowest BCUT2D eigenvalue weighted by molar-refractivity contribution is -0.185. The Labute approximate surface area is 244 Å². The molecule has 11 heteroatoms. The highest BCUT2D eigenvalue weighted by Gasteiger charge is 2.69. The highest BCUT2D eigenvalue weighted by Crippen LogP contribution is 2.56. The Hall–Kier alpha value is -3.70. The van der Waals surface area contributed by atoms with Gasteiger partial charge >= 0.3 is 5.97 Å². The maximum absolute atomic E-state index is 14.2. The SMILES string of the molecule is CCCCCCCCC(=O)O[C@H]1[C@H]2C(=C(O)c3c(O)cccc3[C@@H]2C)C(=O)[C@]2(O)C(O)=C(C(N)=O)C(=O)[C@@H](N(C)C)[C@H]12. The molecule has 0 aliphatic heterocycles. The normalized spacial score (nSPS) is 28.9. The van der Waals surface area contributed by atoms with Crippen molar-refractivity contribution in [1.29, 1.82) is 0 Å². The Morgan fingerprint density at radius 1 is 1.05 bits per heavy atom. The number of likely N-dealkylation sites (N-methyl/N-ethyl adjacent to an activating group) is 1. The second-order valence-corrected chi connectivity index (χ2v) is 11.8. The second-order valence-electron chi connectivity index (χ2n) is 11.8. The monoisotopic (exact) mass is 584 g/mol. The molecule has 0 heterocycles. The van der Waals surface area contributed by atoms with Crippen LogP contribution in [0.2, 0.25) is 0 Å².